The second-order valence-electron chi connectivity index (χ2n) is 6.30. The number of anilines is 1. The lowest BCUT2D eigenvalue weighted by atomic mass is 9.97. The molecule has 7 nitrogen and oxygen atoms in total. The maximum atomic E-state index is 12.9. The highest BCUT2D eigenvalue weighted by Crippen LogP contribution is 2.28. The first-order valence-corrected chi connectivity index (χ1v) is 8.49. The summed E-state index contributed by atoms with van der Waals surface area (Å²) in [6.45, 7) is 4.25. The van der Waals surface area contributed by atoms with Crippen LogP contribution in [0.1, 0.15) is 28.6 Å². The van der Waals surface area contributed by atoms with E-state index in [1.165, 1.54) is 0 Å². The minimum atomic E-state index is -0.632. The third kappa shape index (κ3) is 3.09. The number of ether oxygens (including phenoxy) is 1. The lowest BCUT2D eigenvalue weighted by Gasteiger charge is -2.25. The molecule has 1 N–H and O–H groups in total. The molecule has 2 aromatic heterocycles. The molecule has 1 amide bonds. The standard InChI is InChI=1S/C19H19N5O2/c1-12-7-8-16(22-21-12)24-17(11-13(2)23-24)20-19(25)18-15-6-4-3-5-14(15)9-10-26-18/h3-8,11,18H,9-10H2,1-2H3,(H,20,25). The zero-order valence-corrected chi connectivity index (χ0v) is 14.6. The van der Waals surface area contributed by atoms with Crippen molar-refractivity contribution in [3.05, 3.63) is 65.0 Å². The molecule has 3 heterocycles. The van der Waals surface area contributed by atoms with Crippen molar-refractivity contribution >= 4 is 11.7 Å². The number of rotatable bonds is 3. The van der Waals surface area contributed by atoms with Gasteiger partial charge in [-0.25, -0.2) is 0 Å². The first-order chi connectivity index (χ1) is 12.6. The molecule has 0 radical (unpaired) electrons. The zero-order chi connectivity index (χ0) is 18.1. The summed E-state index contributed by atoms with van der Waals surface area (Å²) in [6, 6.07) is 13.3. The Balaban J connectivity index is 1.62. The number of amides is 1. The molecule has 1 aliphatic heterocycles. The van der Waals surface area contributed by atoms with Gasteiger partial charge in [0.1, 0.15) is 5.82 Å². The number of nitrogens with one attached hydrogen (secondary N) is 1. The Kier molecular flexibility index (Phi) is 4.22. The van der Waals surface area contributed by atoms with Crippen molar-refractivity contribution < 1.29 is 9.53 Å². The van der Waals surface area contributed by atoms with Crippen LogP contribution in [0.5, 0.6) is 0 Å². The lowest BCUT2D eigenvalue weighted by Crippen LogP contribution is -2.29. The fraction of sp³-hybridized carbons (Fsp3) is 0.263. The Morgan fingerprint density at radius 2 is 2.00 bits per heavy atom. The fourth-order valence-electron chi connectivity index (χ4n) is 3.07. The topological polar surface area (TPSA) is 81.9 Å². The van der Waals surface area contributed by atoms with E-state index in [1.54, 1.807) is 10.7 Å². The van der Waals surface area contributed by atoms with E-state index in [-0.39, 0.29) is 5.91 Å². The van der Waals surface area contributed by atoms with Crippen LogP contribution >= 0.6 is 0 Å². The van der Waals surface area contributed by atoms with Gasteiger partial charge in [-0.1, -0.05) is 24.3 Å². The number of aromatic nitrogens is 4. The Bertz CT molecular complexity index is 949. The third-order valence-electron chi connectivity index (χ3n) is 4.32. The van der Waals surface area contributed by atoms with Crippen molar-refractivity contribution in [1.29, 1.82) is 0 Å². The highest BCUT2D eigenvalue weighted by Gasteiger charge is 2.28. The average molecular weight is 349 g/mol. The van der Waals surface area contributed by atoms with Crippen molar-refractivity contribution in [2.24, 2.45) is 0 Å². The number of carbonyl (C=O) groups is 1. The number of nitrogens with zero attached hydrogens (tertiary/aromatic N) is 4. The summed E-state index contributed by atoms with van der Waals surface area (Å²) in [7, 11) is 0. The summed E-state index contributed by atoms with van der Waals surface area (Å²) in [6.07, 6.45) is 0.184. The van der Waals surface area contributed by atoms with Gasteiger partial charge in [-0.15, -0.1) is 5.10 Å². The van der Waals surface area contributed by atoms with Crippen molar-refractivity contribution in [2.75, 3.05) is 11.9 Å². The Morgan fingerprint density at radius 3 is 2.81 bits per heavy atom. The van der Waals surface area contributed by atoms with E-state index in [1.807, 2.05) is 50.2 Å². The fourth-order valence-corrected chi connectivity index (χ4v) is 3.07. The van der Waals surface area contributed by atoms with E-state index in [9.17, 15) is 4.79 Å². The van der Waals surface area contributed by atoms with Gasteiger partial charge in [-0.2, -0.15) is 14.9 Å². The monoisotopic (exact) mass is 349 g/mol. The summed E-state index contributed by atoms with van der Waals surface area (Å²) in [5.41, 5.74) is 3.64. The number of benzene rings is 1. The van der Waals surface area contributed by atoms with E-state index < -0.39 is 6.10 Å². The minimum Gasteiger partial charge on any atom is -0.363 e. The van der Waals surface area contributed by atoms with Gasteiger partial charge in [0.05, 0.1) is 18.0 Å². The SMILES string of the molecule is Cc1ccc(-n2nc(C)cc2NC(=O)C2OCCc3ccccc32)nn1. The second-order valence-corrected chi connectivity index (χ2v) is 6.30. The first kappa shape index (κ1) is 16.4. The zero-order valence-electron chi connectivity index (χ0n) is 14.6. The van der Waals surface area contributed by atoms with Gasteiger partial charge in [0.15, 0.2) is 11.9 Å². The molecule has 0 saturated carbocycles. The summed E-state index contributed by atoms with van der Waals surface area (Å²) in [4.78, 5) is 12.9. The van der Waals surface area contributed by atoms with Gasteiger partial charge < -0.3 is 10.1 Å². The second kappa shape index (κ2) is 6.68. The number of fused-ring (bicyclic) bond motifs is 1. The van der Waals surface area contributed by atoms with Crippen molar-refractivity contribution in [2.45, 2.75) is 26.4 Å². The summed E-state index contributed by atoms with van der Waals surface area (Å²) < 4.78 is 7.31. The van der Waals surface area contributed by atoms with E-state index in [4.69, 9.17) is 4.74 Å². The summed E-state index contributed by atoms with van der Waals surface area (Å²) >= 11 is 0. The van der Waals surface area contributed by atoms with Gasteiger partial charge in [0.2, 0.25) is 0 Å². The Morgan fingerprint density at radius 1 is 1.15 bits per heavy atom. The van der Waals surface area contributed by atoms with E-state index in [0.29, 0.717) is 18.2 Å². The van der Waals surface area contributed by atoms with Crippen molar-refractivity contribution in [3.63, 3.8) is 0 Å². The molecule has 26 heavy (non-hydrogen) atoms. The molecule has 0 saturated heterocycles. The van der Waals surface area contributed by atoms with E-state index in [2.05, 4.69) is 20.6 Å². The molecule has 1 aliphatic rings. The Hall–Kier alpha value is -3.06. The quantitative estimate of drug-likeness (QED) is 0.786. The maximum absolute atomic E-state index is 12.9. The highest BCUT2D eigenvalue weighted by atomic mass is 16.5. The molecule has 3 aromatic rings. The number of hydrogen-bond acceptors (Lipinski definition) is 5. The molecule has 1 aromatic carbocycles. The molecular formula is C19H19N5O2. The molecule has 0 bridgehead atoms. The van der Waals surface area contributed by atoms with Crippen LogP contribution in [-0.4, -0.2) is 32.5 Å². The van der Waals surface area contributed by atoms with Gasteiger partial charge >= 0.3 is 0 Å². The molecular weight excluding hydrogens is 330 g/mol. The van der Waals surface area contributed by atoms with Crippen LogP contribution in [-0.2, 0) is 16.0 Å². The lowest BCUT2D eigenvalue weighted by molar-refractivity contribution is -0.128. The largest absolute Gasteiger partial charge is 0.363 e. The molecule has 0 spiro atoms. The molecule has 1 atom stereocenters. The van der Waals surface area contributed by atoms with Gasteiger partial charge in [0.25, 0.3) is 5.91 Å². The molecule has 4 rings (SSSR count). The van der Waals surface area contributed by atoms with Crippen LogP contribution in [0.25, 0.3) is 5.82 Å². The smallest absolute Gasteiger partial charge is 0.259 e. The number of aryl methyl sites for hydroxylation is 2. The minimum absolute atomic E-state index is 0.224. The van der Waals surface area contributed by atoms with E-state index >= 15 is 0 Å². The molecule has 7 heteroatoms. The van der Waals surface area contributed by atoms with Crippen LogP contribution in [0, 0.1) is 13.8 Å². The van der Waals surface area contributed by atoms with Gasteiger partial charge in [-0.3, -0.25) is 4.79 Å². The van der Waals surface area contributed by atoms with Crippen LogP contribution < -0.4 is 5.32 Å². The average Bonchev–Trinajstić information content (AvgIpc) is 3.02. The highest BCUT2D eigenvalue weighted by molar-refractivity contribution is 5.94. The summed E-state index contributed by atoms with van der Waals surface area (Å²) in [5, 5.41) is 15.5. The van der Waals surface area contributed by atoms with Crippen LogP contribution in [0.4, 0.5) is 5.82 Å². The van der Waals surface area contributed by atoms with E-state index in [0.717, 1.165) is 28.9 Å². The maximum Gasteiger partial charge on any atom is 0.259 e. The van der Waals surface area contributed by atoms with Crippen molar-refractivity contribution in [3.8, 4) is 5.82 Å². The third-order valence-corrected chi connectivity index (χ3v) is 4.32. The normalized spacial score (nSPS) is 16.2. The summed E-state index contributed by atoms with van der Waals surface area (Å²) in [5.74, 6) is 0.861. The van der Waals surface area contributed by atoms with Crippen LogP contribution in [0.15, 0.2) is 42.5 Å². The van der Waals surface area contributed by atoms with Gasteiger partial charge in [-0.05, 0) is 43.5 Å². The molecule has 132 valence electrons. The molecule has 0 aliphatic carbocycles. The van der Waals surface area contributed by atoms with Crippen LogP contribution in [0.2, 0.25) is 0 Å². The number of carbonyl (C=O) groups excluding carboxylic acids is 1. The predicted molar refractivity (Wildman–Crippen MR) is 96.1 cm³/mol. The number of hydrogen-bond donors (Lipinski definition) is 1. The van der Waals surface area contributed by atoms with Crippen LogP contribution in [0.3, 0.4) is 0 Å². The predicted octanol–water partition coefficient (Wildman–Crippen LogP) is 2.53. The van der Waals surface area contributed by atoms with Gasteiger partial charge in [0, 0.05) is 6.07 Å². The van der Waals surface area contributed by atoms with Crippen molar-refractivity contribution in [1.82, 2.24) is 20.0 Å². The Labute approximate surface area is 151 Å². The molecule has 1 unspecified atom stereocenters. The first-order valence-electron chi connectivity index (χ1n) is 8.49. The molecule has 0 fully saturated rings.